The van der Waals surface area contributed by atoms with Crippen LogP contribution in [0.25, 0.3) is 11.4 Å². The number of aromatic nitrogens is 2. The fourth-order valence-electron chi connectivity index (χ4n) is 2.85. The second-order valence-corrected chi connectivity index (χ2v) is 7.52. The summed E-state index contributed by atoms with van der Waals surface area (Å²) in [6.45, 7) is 4.27. The first-order chi connectivity index (χ1) is 14.4. The Balaban J connectivity index is 1.59. The summed E-state index contributed by atoms with van der Waals surface area (Å²) in [5, 5.41) is 9.56. The third-order valence-corrected chi connectivity index (χ3v) is 4.92. The summed E-state index contributed by atoms with van der Waals surface area (Å²) in [5.41, 5.74) is 2.88. The summed E-state index contributed by atoms with van der Waals surface area (Å²) in [6.07, 6.45) is 0.463. The van der Waals surface area contributed by atoms with Crippen LogP contribution in [0, 0.1) is 0 Å². The molecule has 0 aliphatic heterocycles. The van der Waals surface area contributed by atoms with Crippen LogP contribution in [0.2, 0.25) is 5.02 Å². The van der Waals surface area contributed by atoms with Crippen LogP contribution in [0.4, 0.5) is 5.69 Å². The number of benzene rings is 2. The van der Waals surface area contributed by atoms with E-state index in [1.54, 1.807) is 12.1 Å². The second kappa shape index (κ2) is 9.54. The van der Waals surface area contributed by atoms with Gasteiger partial charge in [0.15, 0.2) is 0 Å². The van der Waals surface area contributed by atoms with Crippen molar-refractivity contribution in [3.05, 3.63) is 64.5 Å². The number of nitrogens with zero attached hydrogens (tertiary/aromatic N) is 2. The molecule has 8 heteroatoms. The molecule has 0 aliphatic rings. The van der Waals surface area contributed by atoms with Crippen molar-refractivity contribution in [1.29, 1.82) is 0 Å². The zero-order valence-electron chi connectivity index (χ0n) is 17.0. The molecule has 2 amide bonds. The van der Waals surface area contributed by atoms with Gasteiger partial charge in [0.2, 0.25) is 17.6 Å². The standard InChI is InChI=1S/C22H23ClN4O3/c1-13(2)14-4-6-15(7-5-14)21-26-20(30-27-21)11-10-19(28)25-16-8-9-18(23)17(12-16)22(29)24-3/h4-9,12-13H,10-11H2,1-3H3,(H,24,29)(H,25,28). The first-order valence-corrected chi connectivity index (χ1v) is 9.99. The van der Waals surface area contributed by atoms with Crippen LogP contribution in [0.3, 0.4) is 0 Å². The van der Waals surface area contributed by atoms with Crippen molar-refractivity contribution in [3.63, 3.8) is 0 Å². The second-order valence-electron chi connectivity index (χ2n) is 7.11. The van der Waals surface area contributed by atoms with Crippen LogP contribution in [-0.2, 0) is 11.2 Å². The highest BCUT2D eigenvalue weighted by molar-refractivity contribution is 6.34. The minimum absolute atomic E-state index is 0.159. The molecule has 0 atom stereocenters. The molecule has 156 valence electrons. The Hall–Kier alpha value is -3.19. The van der Waals surface area contributed by atoms with Gasteiger partial charge in [-0.1, -0.05) is 54.9 Å². The van der Waals surface area contributed by atoms with Crippen molar-refractivity contribution in [2.24, 2.45) is 0 Å². The summed E-state index contributed by atoms with van der Waals surface area (Å²) in [5.74, 6) is 0.771. The van der Waals surface area contributed by atoms with Gasteiger partial charge in [-0.05, 0) is 29.7 Å². The summed E-state index contributed by atoms with van der Waals surface area (Å²) >= 11 is 6.02. The van der Waals surface area contributed by atoms with E-state index in [9.17, 15) is 9.59 Å². The fraction of sp³-hybridized carbons (Fsp3) is 0.273. The molecule has 7 nitrogen and oxygen atoms in total. The lowest BCUT2D eigenvalue weighted by Gasteiger charge is -2.08. The lowest BCUT2D eigenvalue weighted by atomic mass is 10.0. The minimum Gasteiger partial charge on any atom is -0.355 e. The van der Waals surface area contributed by atoms with Crippen molar-refractivity contribution in [2.75, 3.05) is 12.4 Å². The van der Waals surface area contributed by atoms with Gasteiger partial charge < -0.3 is 15.2 Å². The third kappa shape index (κ3) is 5.24. The summed E-state index contributed by atoms with van der Waals surface area (Å²) < 4.78 is 5.27. The first-order valence-electron chi connectivity index (χ1n) is 9.61. The van der Waals surface area contributed by atoms with Gasteiger partial charge >= 0.3 is 0 Å². The largest absolute Gasteiger partial charge is 0.355 e. The van der Waals surface area contributed by atoms with E-state index in [2.05, 4.69) is 34.6 Å². The van der Waals surface area contributed by atoms with E-state index in [1.165, 1.54) is 18.7 Å². The molecule has 0 saturated heterocycles. The number of aryl methyl sites for hydroxylation is 1. The van der Waals surface area contributed by atoms with Crippen molar-refractivity contribution >= 4 is 29.1 Å². The molecule has 1 aromatic heterocycles. The highest BCUT2D eigenvalue weighted by atomic mass is 35.5. The Morgan fingerprint density at radius 3 is 2.53 bits per heavy atom. The molecule has 0 bridgehead atoms. The predicted octanol–water partition coefficient (Wildman–Crippen LogP) is 4.44. The van der Waals surface area contributed by atoms with E-state index in [-0.39, 0.29) is 18.2 Å². The maximum atomic E-state index is 12.3. The molecule has 3 rings (SSSR count). The van der Waals surface area contributed by atoms with Gasteiger partial charge in [0.05, 0.1) is 10.6 Å². The number of hydrogen-bond acceptors (Lipinski definition) is 5. The van der Waals surface area contributed by atoms with E-state index < -0.39 is 0 Å². The van der Waals surface area contributed by atoms with Gasteiger partial charge in [0.25, 0.3) is 5.91 Å². The van der Waals surface area contributed by atoms with E-state index in [4.69, 9.17) is 16.1 Å². The van der Waals surface area contributed by atoms with Crippen LogP contribution in [0.15, 0.2) is 47.0 Å². The van der Waals surface area contributed by atoms with Crippen molar-refractivity contribution < 1.29 is 14.1 Å². The fourth-order valence-corrected chi connectivity index (χ4v) is 3.05. The van der Waals surface area contributed by atoms with E-state index in [0.717, 1.165) is 5.56 Å². The Labute approximate surface area is 179 Å². The molecule has 1 heterocycles. The molecule has 30 heavy (non-hydrogen) atoms. The molecule has 2 aromatic carbocycles. The Morgan fingerprint density at radius 2 is 1.87 bits per heavy atom. The van der Waals surface area contributed by atoms with Crippen LogP contribution < -0.4 is 10.6 Å². The number of carbonyl (C=O) groups is 2. The zero-order chi connectivity index (χ0) is 21.7. The van der Waals surface area contributed by atoms with Crippen molar-refractivity contribution in [1.82, 2.24) is 15.5 Å². The Morgan fingerprint density at radius 1 is 1.13 bits per heavy atom. The SMILES string of the molecule is CNC(=O)c1cc(NC(=O)CCc2nc(-c3ccc(C(C)C)cc3)no2)ccc1Cl. The highest BCUT2D eigenvalue weighted by Gasteiger charge is 2.13. The number of halogens is 1. The Kier molecular flexibility index (Phi) is 6.84. The summed E-state index contributed by atoms with van der Waals surface area (Å²) in [6, 6.07) is 12.7. The average Bonchev–Trinajstić information content (AvgIpc) is 3.22. The van der Waals surface area contributed by atoms with Crippen LogP contribution in [-0.4, -0.2) is 29.0 Å². The van der Waals surface area contributed by atoms with E-state index in [1.807, 2.05) is 24.3 Å². The molecular formula is C22H23ClN4O3. The number of anilines is 1. The molecule has 0 radical (unpaired) electrons. The number of carbonyl (C=O) groups excluding carboxylic acids is 2. The maximum absolute atomic E-state index is 12.3. The molecule has 0 saturated carbocycles. The van der Waals surface area contributed by atoms with Crippen LogP contribution >= 0.6 is 11.6 Å². The lowest BCUT2D eigenvalue weighted by Crippen LogP contribution is -2.19. The third-order valence-electron chi connectivity index (χ3n) is 4.59. The predicted molar refractivity (Wildman–Crippen MR) is 116 cm³/mol. The lowest BCUT2D eigenvalue weighted by molar-refractivity contribution is -0.116. The monoisotopic (exact) mass is 426 g/mol. The van der Waals surface area contributed by atoms with E-state index in [0.29, 0.717) is 40.3 Å². The number of hydrogen-bond donors (Lipinski definition) is 2. The van der Waals surface area contributed by atoms with Gasteiger partial charge in [-0.15, -0.1) is 0 Å². The van der Waals surface area contributed by atoms with Gasteiger partial charge in [-0.2, -0.15) is 4.98 Å². The Bertz CT molecular complexity index is 1040. The molecule has 0 unspecified atom stereocenters. The molecule has 2 N–H and O–H groups in total. The maximum Gasteiger partial charge on any atom is 0.252 e. The molecule has 0 spiro atoms. The van der Waals surface area contributed by atoms with Crippen molar-refractivity contribution in [3.8, 4) is 11.4 Å². The topological polar surface area (TPSA) is 97.1 Å². The number of nitrogens with one attached hydrogen (secondary N) is 2. The molecule has 0 fully saturated rings. The minimum atomic E-state index is -0.323. The molecule has 3 aromatic rings. The normalized spacial score (nSPS) is 10.8. The summed E-state index contributed by atoms with van der Waals surface area (Å²) in [4.78, 5) is 28.4. The van der Waals surface area contributed by atoms with Gasteiger partial charge in [-0.3, -0.25) is 9.59 Å². The highest BCUT2D eigenvalue weighted by Crippen LogP contribution is 2.22. The van der Waals surface area contributed by atoms with Gasteiger partial charge in [0.1, 0.15) is 0 Å². The smallest absolute Gasteiger partial charge is 0.252 e. The quantitative estimate of drug-likeness (QED) is 0.581. The van der Waals surface area contributed by atoms with Crippen LogP contribution in [0.5, 0.6) is 0 Å². The van der Waals surface area contributed by atoms with Crippen LogP contribution in [0.1, 0.15) is 48.0 Å². The average molecular weight is 427 g/mol. The molecular weight excluding hydrogens is 404 g/mol. The molecule has 0 aliphatic carbocycles. The van der Waals surface area contributed by atoms with E-state index >= 15 is 0 Å². The van der Waals surface area contributed by atoms with Crippen molar-refractivity contribution in [2.45, 2.75) is 32.6 Å². The summed E-state index contributed by atoms with van der Waals surface area (Å²) in [7, 11) is 1.52. The van der Waals surface area contributed by atoms with Gasteiger partial charge in [0, 0.05) is 31.1 Å². The first kappa shape index (κ1) is 21.5. The zero-order valence-corrected chi connectivity index (χ0v) is 17.8. The number of amides is 2. The van der Waals surface area contributed by atoms with Gasteiger partial charge in [-0.25, -0.2) is 0 Å². The number of rotatable bonds is 7.